The number of benzene rings is 1. The second kappa shape index (κ2) is 5.84. The third kappa shape index (κ3) is 2.78. The smallest absolute Gasteiger partial charge is 0.303 e. The third-order valence-electron chi connectivity index (χ3n) is 4.10. The van der Waals surface area contributed by atoms with Crippen molar-refractivity contribution in [2.45, 2.75) is 31.7 Å². The lowest BCUT2D eigenvalue weighted by atomic mass is 9.95. The van der Waals surface area contributed by atoms with Crippen molar-refractivity contribution < 1.29 is 23.1 Å². The molecule has 1 aromatic heterocycles. The van der Waals surface area contributed by atoms with Crippen molar-refractivity contribution >= 4 is 18.2 Å². The first-order valence-corrected chi connectivity index (χ1v) is 7.45. The summed E-state index contributed by atoms with van der Waals surface area (Å²) in [6.45, 7) is 0.231. The van der Waals surface area contributed by atoms with Gasteiger partial charge in [-0.05, 0) is 37.2 Å². The third-order valence-corrected chi connectivity index (χ3v) is 4.42. The van der Waals surface area contributed by atoms with Gasteiger partial charge in [0.2, 0.25) is 0 Å². The maximum atomic E-state index is 14.0. The number of carbonyl (C=O) groups is 1. The normalized spacial score (nSPS) is 16.6. The maximum absolute atomic E-state index is 14.0. The number of nitrogens with zero attached hydrogens (tertiary/aromatic N) is 1. The van der Waals surface area contributed by atoms with Crippen LogP contribution in [0, 0.1) is 22.2 Å². The van der Waals surface area contributed by atoms with E-state index in [0.717, 1.165) is 17.8 Å². The van der Waals surface area contributed by atoms with Crippen molar-refractivity contribution in [1.82, 2.24) is 9.55 Å². The Hall–Kier alpha value is -2.09. The summed E-state index contributed by atoms with van der Waals surface area (Å²) in [6, 6.07) is 1.67. The lowest BCUT2D eigenvalue weighted by Gasteiger charge is -2.12. The molecule has 8 heteroatoms. The number of hydrogen-bond donors (Lipinski definition) is 2. The molecule has 0 radical (unpaired) electrons. The summed E-state index contributed by atoms with van der Waals surface area (Å²) in [5, 5.41) is 8.78. The van der Waals surface area contributed by atoms with Gasteiger partial charge in [0.15, 0.2) is 16.4 Å². The van der Waals surface area contributed by atoms with Crippen molar-refractivity contribution in [2.24, 2.45) is 0 Å². The van der Waals surface area contributed by atoms with Gasteiger partial charge >= 0.3 is 5.97 Å². The first-order valence-electron chi connectivity index (χ1n) is 7.04. The summed E-state index contributed by atoms with van der Waals surface area (Å²) in [7, 11) is 0. The van der Waals surface area contributed by atoms with E-state index in [2.05, 4.69) is 4.98 Å². The van der Waals surface area contributed by atoms with Crippen LogP contribution >= 0.6 is 12.2 Å². The highest BCUT2D eigenvalue weighted by atomic mass is 32.1. The van der Waals surface area contributed by atoms with Crippen LogP contribution in [-0.2, 0) is 24.2 Å². The Labute approximate surface area is 134 Å². The highest BCUT2D eigenvalue weighted by Gasteiger charge is 2.31. The van der Waals surface area contributed by atoms with E-state index in [4.69, 9.17) is 17.3 Å². The molecule has 1 aliphatic rings. The molecule has 23 heavy (non-hydrogen) atoms. The molecule has 0 saturated carbocycles. The number of aliphatic carboxylic acids is 1. The van der Waals surface area contributed by atoms with E-state index < -0.39 is 29.3 Å². The minimum absolute atomic E-state index is 0.0738. The van der Waals surface area contributed by atoms with E-state index in [1.807, 2.05) is 0 Å². The molecule has 2 aromatic rings. The molecule has 2 N–H and O–H groups in total. The Morgan fingerprint density at radius 1 is 1.35 bits per heavy atom. The monoisotopic (exact) mass is 342 g/mol. The van der Waals surface area contributed by atoms with Crippen LogP contribution in [0.25, 0.3) is 0 Å². The van der Waals surface area contributed by atoms with Crippen molar-refractivity contribution in [3.63, 3.8) is 0 Å². The molecule has 0 unspecified atom stereocenters. The molecule has 0 fully saturated rings. The number of aryl methyl sites for hydroxylation is 1. The molecule has 1 atom stereocenters. The number of H-pyrrole nitrogens is 1. The van der Waals surface area contributed by atoms with Gasteiger partial charge in [0.05, 0.1) is 6.42 Å². The minimum atomic E-state index is -1.18. The molecule has 3 rings (SSSR count). The summed E-state index contributed by atoms with van der Waals surface area (Å²) in [5.74, 6) is -4.57. The fraction of sp³-hybridized carbons (Fsp3) is 0.333. The molecule has 0 saturated heterocycles. The van der Waals surface area contributed by atoms with Gasteiger partial charge in [-0.1, -0.05) is 0 Å². The van der Waals surface area contributed by atoms with Crippen LogP contribution in [0.3, 0.4) is 0 Å². The van der Waals surface area contributed by atoms with E-state index in [1.165, 1.54) is 0 Å². The molecule has 0 bridgehead atoms. The molecule has 1 aromatic carbocycles. The highest BCUT2D eigenvalue weighted by Crippen LogP contribution is 2.35. The van der Waals surface area contributed by atoms with Gasteiger partial charge < -0.3 is 14.7 Å². The van der Waals surface area contributed by atoms with Gasteiger partial charge in [0.25, 0.3) is 0 Å². The summed E-state index contributed by atoms with van der Waals surface area (Å²) < 4.78 is 43.4. The largest absolute Gasteiger partial charge is 0.481 e. The van der Waals surface area contributed by atoms with E-state index in [0.29, 0.717) is 10.5 Å². The number of imidazole rings is 1. The number of carboxylic acids is 1. The van der Waals surface area contributed by atoms with Gasteiger partial charge in [0, 0.05) is 29.4 Å². The van der Waals surface area contributed by atoms with Crippen molar-refractivity contribution in [1.29, 1.82) is 0 Å². The number of aromatic amines is 1. The number of nitrogens with one attached hydrogen (secondary N) is 1. The standard InChI is InChI=1S/C15H13F3N2O2S/c16-8-1-2-9(17)14(18)13(8)7-5-11-10(3-4-12(21)22)19-15(23)20(11)6-7/h1-2,7H,3-6H2,(H,19,23)(H,21,22)/t7-/m1/s1. The number of rotatable bonds is 4. The van der Waals surface area contributed by atoms with Gasteiger partial charge in [0.1, 0.15) is 5.82 Å². The Morgan fingerprint density at radius 3 is 2.74 bits per heavy atom. The zero-order chi connectivity index (χ0) is 16.7. The maximum Gasteiger partial charge on any atom is 0.303 e. The van der Waals surface area contributed by atoms with E-state index in [9.17, 15) is 18.0 Å². The fourth-order valence-corrected chi connectivity index (χ4v) is 3.36. The number of halogens is 3. The first-order chi connectivity index (χ1) is 10.9. The zero-order valence-corrected chi connectivity index (χ0v) is 12.7. The quantitative estimate of drug-likeness (QED) is 0.662. The van der Waals surface area contributed by atoms with Crippen molar-refractivity contribution in [2.75, 3.05) is 0 Å². The van der Waals surface area contributed by atoms with Gasteiger partial charge in [-0.2, -0.15) is 0 Å². The fourth-order valence-electron chi connectivity index (χ4n) is 3.05. The Kier molecular flexibility index (Phi) is 4.01. The van der Waals surface area contributed by atoms with Gasteiger partial charge in [-0.15, -0.1) is 0 Å². The number of fused-ring (bicyclic) bond motifs is 1. The molecule has 0 amide bonds. The Balaban J connectivity index is 1.94. The SMILES string of the molecule is O=C(O)CCc1[nH]c(=S)n2c1C[C@@H](c1c(F)ccc(F)c1F)C2. The molecule has 122 valence electrons. The zero-order valence-electron chi connectivity index (χ0n) is 11.9. The molecule has 4 nitrogen and oxygen atoms in total. The number of carboxylic acid groups (broad SMARTS) is 1. The predicted molar refractivity (Wildman–Crippen MR) is 78.3 cm³/mol. The summed E-state index contributed by atoms with van der Waals surface area (Å²) in [5.41, 5.74) is 1.09. The second-order valence-corrected chi connectivity index (χ2v) is 5.90. The first kappa shape index (κ1) is 15.8. The molecular formula is C15H13F3N2O2S. The lowest BCUT2D eigenvalue weighted by Crippen LogP contribution is -2.09. The van der Waals surface area contributed by atoms with Crippen LogP contribution in [0.4, 0.5) is 13.2 Å². The minimum Gasteiger partial charge on any atom is -0.481 e. The Morgan fingerprint density at radius 2 is 2.04 bits per heavy atom. The predicted octanol–water partition coefficient (Wildman–Crippen LogP) is 3.32. The molecule has 2 heterocycles. The summed E-state index contributed by atoms with van der Waals surface area (Å²) >= 11 is 5.17. The Bertz CT molecular complexity index is 844. The van der Waals surface area contributed by atoms with Gasteiger partial charge in [-0.25, -0.2) is 13.2 Å². The van der Waals surface area contributed by atoms with Crippen molar-refractivity contribution in [3.8, 4) is 0 Å². The van der Waals surface area contributed by atoms with E-state index >= 15 is 0 Å². The number of hydrogen-bond acceptors (Lipinski definition) is 2. The molecule has 0 spiro atoms. The topological polar surface area (TPSA) is 58.0 Å². The van der Waals surface area contributed by atoms with Crippen LogP contribution in [0.5, 0.6) is 0 Å². The summed E-state index contributed by atoms with van der Waals surface area (Å²) in [6.07, 6.45) is 0.456. The van der Waals surface area contributed by atoms with Crippen LogP contribution in [0.2, 0.25) is 0 Å². The van der Waals surface area contributed by atoms with Crippen molar-refractivity contribution in [3.05, 3.63) is 51.3 Å². The van der Waals surface area contributed by atoms with E-state index in [1.54, 1.807) is 4.57 Å². The number of aromatic nitrogens is 2. The van der Waals surface area contributed by atoms with Crippen LogP contribution in [0.1, 0.15) is 29.3 Å². The lowest BCUT2D eigenvalue weighted by molar-refractivity contribution is -0.136. The van der Waals surface area contributed by atoms with Crippen LogP contribution < -0.4 is 0 Å². The molecule has 1 aliphatic heterocycles. The van der Waals surface area contributed by atoms with Gasteiger partial charge in [-0.3, -0.25) is 4.79 Å². The van der Waals surface area contributed by atoms with Crippen LogP contribution in [-0.4, -0.2) is 20.6 Å². The molecule has 0 aliphatic carbocycles. The highest BCUT2D eigenvalue weighted by molar-refractivity contribution is 7.71. The average Bonchev–Trinajstić information content (AvgIpc) is 3.03. The summed E-state index contributed by atoms with van der Waals surface area (Å²) in [4.78, 5) is 13.6. The van der Waals surface area contributed by atoms with E-state index in [-0.39, 0.29) is 31.4 Å². The average molecular weight is 342 g/mol. The molecular weight excluding hydrogens is 329 g/mol. The van der Waals surface area contributed by atoms with Crippen LogP contribution in [0.15, 0.2) is 12.1 Å². The second-order valence-electron chi connectivity index (χ2n) is 5.52.